The highest BCUT2D eigenvalue weighted by Crippen LogP contribution is 2.39. The summed E-state index contributed by atoms with van der Waals surface area (Å²) < 4.78 is 0. The summed E-state index contributed by atoms with van der Waals surface area (Å²) in [5, 5.41) is 0. The maximum Gasteiger partial charge on any atom is -0.0354 e. The summed E-state index contributed by atoms with van der Waals surface area (Å²) in [4.78, 5) is 0. The Morgan fingerprint density at radius 3 is 2.09 bits per heavy atom. The molecule has 0 aromatic rings. The van der Waals surface area contributed by atoms with Crippen molar-refractivity contribution in [1.82, 2.24) is 0 Å². The smallest absolute Gasteiger partial charge is 0.0354 e. The van der Waals surface area contributed by atoms with Gasteiger partial charge in [0.1, 0.15) is 0 Å². The van der Waals surface area contributed by atoms with Crippen molar-refractivity contribution in [1.29, 1.82) is 0 Å². The fraction of sp³-hybridized carbons (Fsp3) is 1.00. The van der Waals surface area contributed by atoms with E-state index in [0.717, 1.165) is 11.8 Å². The molecule has 2 atom stereocenters. The molecule has 0 bridgehead atoms. The van der Waals surface area contributed by atoms with Crippen molar-refractivity contribution in [2.24, 2.45) is 17.3 Å². The summed E-state index contributed by atoms with van der Waals surface area (Å²) in [6.45, 7) is 9.55. The molecule has 0 aromatic heterocycles. The second kappa shape index (κ2) is 3.16. The molecular weight excluding hydrogens is 132 g/mol. The predicted octanol–water partition coefficient (Wildman–Crippen LogP) is 3.86. The van der Waals surface area contributed by atoms with E-state index in [4.69, 9.17) is 0 Å². The van der Waals surface area contributed by atoms with Gasteiger partial charge < -0.3 is 0 Å². The molecule has 0 heterocycles. The SMILES string of the molecule is C[C@H]1CCC[C@@H](C(C)(C)C)C1. The van der Waals surface area contributed by atoms with Crippen LogP contribution in [0.3, 0.4) is 0 Å². The van der Waals surface area contributed by atoms with Gasteiger partial charge in [0.2, 0.25) is 0 Å². The topological polar surface area (TPSA) is 0 Å². The fourth-order valence-corrected chi connectivity index (χ4v) is 2.22. The predicted molar refractivity (Wildman–Crippen MR) is 50.6 cm³/mol. The lowest BCUT2D eigenvalue weighted by atomic mass is 9.69. The van der Waals surface area contributed by atoms with Gasteiger partial charge in [-0.2, -0.15) is 0 Å². The Kier molecular flexibility index (Phi) is 2.61. The number of rotatable bonds is 0. The summed E-state index contributed by atoms with van der Waals surface area (Å²) in [6.07, 6.45) is 5.85. The Bertz CT molecular complexity index is 118. The van der Waals surface area contributed by atoms with E-state index in [1.807, 2.05) is 0 Å². The van der Waals surface area contributed by atoms with Crippen molar-refractivity contribution in [2.45, 2.75) is 53.4 Å². The third-order valence-electron chi connectivity index (χ3n) is 3.16. The summed E-state index contributed by atoms with van der Waals surface area (Å²) in [6, 6.07) is 0. The van der Waals surface area contributed by atoms with Crippen molar-refractivity contribution >= 4 is 0 Å². The first-order valence-corrected chi connectivity index (χ1v) is 5.00. The molecule has 0 nitrogen and oxygen atoms in total. The highest BCUT2D eigenvalue weighted by Gasteiger charge is 2.28. The van der Waals surface area contributed by atoms with E-state index < -0.39 is 0 Å². The van der Waals surface area contributed by atoms with Gasteiger partial charge >= 0.3 is 0 Å². The average Bonchev–Trinajstić information content (AvgIpc) is 1.86. The largest absolute Gasteiger partial charge is 0.0625 e. The second-order valence-electron chi connectivity index (χ2n) is 5.33. The highest BCUT2D eigenvalue weighted by atomic mass is 14.3. The molecule has 0 spiro atoms. The van der Waals surface area contributed by atoms with E-state index in [9.17, 15) is 0 Å². The van der Waals surface area contributed by atoms with Crippen LogP contribution < -0.4 is 0 Å². The molecule has 0 saturated heterocycles. The zero-order chi connectivity index (χ0) is 8.48. The molecule has 0 aliphatic heterocycles. The second-order valence-corrected chi connectivity index (χ2v) is 5.33. The van der Waals surface area contributed by atoms with Gasteiger partial charge in [0.15, 0.2) is 0 Å². The standard InChI is InChI=1S/C11H22/c1-9-6-5-7-10(8-9)11(2,3)4/h9-10H,5-8H2,1-4H3/t9-,10+/m0/s1. The summed E-state index contributed by atoms with van der Waals surface area (Å²) >= 11 is 0. The van der Waals surface area contributed by atoms with Crippen LogP contribution in [0.1, 0.15) is 53.4 Å². The van der Waals surface area contributed by atoms with Gasteiger partial charge in [0, 0.05) is 0 Å². The van der Waals surface area contributed by atoms with Gasteiger partial charge in [-0.05, 0) is 30.1 Å². The normalized spacial score (nSPS) is 33.8. The van der Waals surface area contributed by atoms with Crippen molar-refractivity contribution in [2.75, 3.05) is 0 Å². The first-order valence-electron chi connectivity index (χ1n) is 5.00. The minimum Gasteiger partial charge on any atom is -0.0625 e. The van der Waals surface area contributed by atoms with Crippen molar-refractivity contribution in [3.63, 3.8) is 0 Å². The molecule has 1 fully saturated rings. The average molecular weight is 154 g/mol. The van der Waals surface area contributed by atoms with E-state index >= 15 is 0 Å². The monoisotopic (exact) mass is 154 g/mol. The Balaban J connectivity index is 2.46. The van der Waals surface area contributed by atoms with Crippen molar-refractivity contribution in [3.05, 3.63) is 0 Å². The molecule has 1 saturated carbocycles. The van der Waals surface area contributed by atoms with Gasteiger partial charge in [0.05, 0.1) is 0 Å². The van der Waals surface area contributed by atoms with Crippen LogP contribution in [-0.4, -0.2) is 0 Å². The molecule has 0 radical (unpaired) electrons. The minimum absolute atomic E-state index is 0.550. The zero-order valence-corrected chi connectivity index (χ0v) is 8.48. The third kappa shape index (κ3) is 2.50. The van der Waals surface area contributed by atoms with Gasteiger partial charge in [-0.15, -0.1) is 0 Å². The van der Waals surface area contributed by atoms with Crippen LogP contribution in [0.4, 0.5) is 0 Å². The van der Waals surface area contributed by atoms with Gasteiger partial charge in [-0.3, -0.25) is 0 Å². The maximum atomic E-state index is 2.40. The highest BCUT2D eigenvalue weighted by molar-refractivity contribution is 4.79. The lowest BCUT2D eigenvalue weighted by molar-refractivity contribution is 0.148. The van der Waals surface area contributed by atoms with Crippen LogP contribution in [0.15, 0.2) is 0 Å². The van der Waals surface area contributed by atoms with Crippen molar-refractivity contribution < 1.29 is 0 Å². The van der Waals surface area contributed by atoms with Crippen LogP contribution in [0.25, 0.3) is 0 Å². The molecule has 66 valence electrons. The van der Waals surface area contributed by atoms with E-state index in [0.29, 0.717) is 5.41 Å². The number of hydrogen-bond donors (Lipinski definition) is 0. The van der Waals surface area contributed by atoms with Gasteiger partial charge in [-0.25, -0.2) is 0 Å². The Morgan fingerprint density at radius 1 is 1.09 bits per heavy atom. The lowest BCUT2D eigenvalue weighted by Crippen LogP contribution is -2.25. The Morgan fingerprint density at radius 2 is 1.73 bits per heavy atom. The molecule has 1 aliphatic carbocycles. The van der Waals surface area contributed by atoms with Crippen LogP contribution in [0.5, 0.6) is 0 Å². The first-order chi connectivity index (χ1) is 5.00. The van der Waals surface area contributed by atoms with Gasteiger partial charge in [0.25, 0.3) is 0 Å². The Hall–Kier alpha value is 0. The molecule has 0 heteroatoms. The number of hydrogen-bond acceptors (Lipinski definition) is 0. The quantitative estimate of drug-likeness (QED) is 0.497. The molecule has 0 aromatic carbocycles. The fourth-order valence-electron chi connectivity index (χ4n) is 2.22. The summed E-state index contributed by atoms with van der Waals surface area (Å²) in [5.41, 5.74) is 0.550. The first kappa shape index (κ1) is 9.09. The van der Waals surface area contributed by atoms with Gasteiger partial charge in [-0.1, -0.05) is 40.5 Å². The maximum absolute atomic E-state index is 2.40. The lowest BCUT2D eigenvalue weighted by Gasteiger charge is -2.36. The van der Waals surface area contributed by atoms with Crippen LogP contribution in [-0.2, 0) is 0 Å². The zero-order valence-electron chi connectivity index (χ0n) is 8.48. The molecular formula is C11H22. The summed E-state index contributed by atoms with van der Waals surface area (Å²) in [5.74, 6) is 1.96. The molecule has 0 unspecified atom stereocenters. The van der Waals surface area contributed by atoms with E-state index in [-0.39, 0.29) is 0 Å². The third-order valence-corrected chi connectivity index (χ3v) is 3.16. The Labute approximate surface area is 71.4 Å². The molecule has 0 N–H and O–H groups in total. The van der Waals surface area contributed by atoms with Crippen LogP contribution >= 0.6 is 0 Å². The van der Waals surface area contributed by atoms with E-state index in [1.54, 1.807) is 0 Å². The molecule has 0 amide bonds. The molecule has 1 aliphatic rings. The van der Waals surface area contributed by atoms with E-state index in [2.05, 4.69) is 27.7 Å². The minimum atomic E-state index is 0.550. The molecule has 11 heavy (non-hydrogen) atoms. The van der Waals surface area contributed by atoms with Crippen molar-refractivity contribution in [3.8, 4) is 0 Å². The van der Waals surface area contributed by atoms with E-state index in [1.165, 1.54) is 25.7 Å². The summed E-state index contributed by atoms with van der Waals surface area (Å²) in [7, 11) is 0. The van der Waals surface area contributed by atoms with Crippen LogP contribution in [0.2, 0.25) is 0 Å². The molecule has 1 rings (SSSR count). The van der Waals surface area contributed by atoms with Crippen LogP contribution in [0, 0.1) is 17.3 Å².